The van der Waals surface area contributed by atoms with Gasteiger partial charge in [0.25, 0.3) is 5.91 Å². The van der Waals surface area contributed by atoms with Crippen LogP contribution >= 0.6 is 0 Å². The van der Waals surface area contributed by atoms with Gasteiger partial charge in [0.15, 0.2) is 0 Å². The molecular formula is C11H10F2N4O2. The van der Waals surface area contributed by atoms with Gasteiger partial charge in [0, 0.05) is 6.07 Å². The van der Waals surface area contributed by atoms with Gasteiger partial charge in [-0.2, -0.15) is 4.98 Å². The number of carbonyl (C=O) groups excluding carboxylic acids is 1. The second-order valence-corrected chi connectivity index (χ2v) is 3.71. The quantitative estimate of drug-likeness (QED) is 0.887. The van der Waals surface area contributed by atoms with Crippen LogP contribution in [-0.2, 0) is 0 Å². The number of hydrogen-bond acceptors (Lipinski definition) is 4. The number of hydrogen-bond donors (Lipinski definition) is 2. The second kappa shape index (κ2) is 5.01. The number of rotatable bonds is 3. The van der Waals surface area contributed by atoms with Gasteiger partial charge in [0.2, 0.25) is 5.95 Å². The van der Waals surface area contributed by atoms with E-state index in [0.717, 1.165) is 6.07 Å². The first-order chi connectivity index (χ1) is 9.01. The number of aromatic amines is 1. The smallest absolute Gasteiger partial charge is 0.336 e. The largest absolute Gasteiger partial charge is 0.466 e. The van der Waals surface area contributed by atoms with Crippen LogP contribution in [0.3, 0.4) is 0 Å². The minimum absolute atomic E-state index is 0.00299. The van der Waals surface area contributed by atoms with Gasteiger partial charge in [-0.25, -0.2) is 13.9 Å². The Labute approximate surface area is 106 Å². The minimum Gasteiger partial charge on any atom is -0.466 e. The van der Waals surface area contributed by atoms with Gasteiger partial charge < -0.3 is 4.74 Å². The number of H-pyrrole nitrogens is 1. The molecule has 1 heterocycles. The van der Waals surface area contributed by atoms with Crippen LogP contribution in [0, 0.1) is 18.6 Å². The molecule has 2 aromatic rings. The molecule has 100 valence electrons. The average molecular weight is 268 g/mol. The van der Waals surface area contributed by atoms with Crippen molar-refractivity contribution < 1.29 is 18.3 Å². The summed E-state index contributed by atoms with van der Waals surface area (Å²) in [5, 5.41) is 8.29. The molecule has 0 unspecified atom stereocenters. The van der Waals surface area contributed by atoms with Gasteiger partial charge in [0.1, 0.15) is 11.6 Å². The van der Waals surface area contributed by atoms with Crippen molar-refractivity contribution in [2.45, 2.75) is 6.92 Å². The number of methoxy groups -OCH3 is 1. The Balaban J connectivity index is 2.22. The number of nitrogens with zero attached hydrogens (tertiary/aromatic N) is 2. The Kier molecular flexibility index (Phi) is 3.41. The highest BCUT2D eigenvalue weighted by Gasteiger charge is 2.16. The van der Waals surface area contributed by atoms with Crippen molar-refractivity contribution in [1.82, 2.24) is 15.2 Å². The second-order valence-electron chi connectivity index (χ2n) is 3.71. The number of halogens is 2. The van der Waals surface area contributed by atoms with Gasteiger partial charge >= 0.3 is 6.01 Å². The lowest BCUT2D eigenvalue weighted by atomic mass is 10.1. The SMILES string of the molecule is COc1n[nH]c(NC(=O)c2cc(C)c(F)cc2F)n1. The van der Waals surface area contributed by atoms with E-state index in [0.29, 0.717) is 6.07 Å². The van der Waals surface area contributed by atoms with E-state index in [-0.39, 0.29) is 23.1 Å². The van der Waals surface area contributed by atoms with E-state index in [1.807, 2.05) is 0 Å². The number of aryl methyl sites for hydroxylation is 1. The fourth-order valence-corrected chi connectivity index (χ4v) is 1.40. The molecule has 0 aliphatic rings. The molecule has 8 heteroatoms. The van der Waals surface area contributed by atoms with Crippen LogP contribution in [0.25, 0.3) is 0 Å². The summed E-state index contributed by atoms with van der Waals surface area (Å²) in [7, 11) is 1.36. The summed E-state index contributed by atoms with van der Waals surface area (Å²) in [5.41, 5.74) is -0.115. The molecule has 6 nitrogen and oxygen atoms in total. The molecule has 1 aromatic carbocycles. The first-order valence-electron chi connectivity index (χ1n) is 5.24. The Morgan fingerprint density at radius 1 is 1.37 bits per heavy atom. The zero-order valence-electron chi connectivity index (χ0n) is 10.1. The van der Waals surface area contributed by atoms with Gasteiger partial charge in [0.05, 0.1) is 12.7 Å². The van der Waals surface area contributed by atoms with Gasteiger partial charge in [-0.15, -0.1) is 5.10 Å². The molecule has 0 fully saturated rings. The fraction of sp³-hybridized carbons (Fsp3) is 0.182. The minimum atomic E-state index is -0.952. The van der Waals surface area contributed by atoms with Gasteiger partial charge in [-0.1, -0.05) is 0 Å². The molecule has 19 heavy (non-hydrogen) atoms. The highest BCUT2D eigenvalue weighted by Crippen LogP contribution is 2.15. The van der Waals surface area contributed by atoms with E-state index in [2.05, 4.69) is 20.5 Å². The van der Waals surface area contributed by atoms with E-state index in [1.165, 1.54) is 14.0 Å². The number of ether oxygens (including phenoxy) is 1. The van der Waals surface area contributed by atoms with Crippen molar-refractivity contribution in [2.24, 2.45) is 0 Å². The third-order valence-electron chi connectivity index (χ3n) is 2.37. The summed E-state index contributed by atoms with van der Waals surface area (Å²) in [6.07, 6.45) is 0. The van der Waals surface area contributed by atoms with E-state index in [4.69, 9.17) is 4.74 Å². The highest BCUT2D eigenvalue weighted by atomic mass is 19.1. The lowest BCUT2D eigenvalue weighted by Crippen LogP contribution is -2.15. The highest BCUT2D eigenvalue weighted by molar-refractivity contribution is 6.03. The van der Waals surface area contributed by atoms with Gasteiger partial charge in [-0.3, -0.25) is 10.1 Å². The number of benzene rings is 1. The average Bonchev–Trinajstić information content (AvgIpc) is 2.81. The molecule has 1 amide bonds. The molecule has 1 aromatic heterocycles. The number of nitrogens with one attached hydrogen (secondary N) is 2. The lowest BCUT2D eigenvalue weighted by Gasteiger charge is -2.05. The molecule has 0 spiro atoms. The predicted octanol–water partition coefficient (Wildman–Crippen LogP) is 1.65. The van der Waals surface area contributed by atoms with E-state index in [1.54, 1.807) is 0 Å². The van der Waals surface area contributed by atoms with Crippen molar-refractivity contribution in [1.29, 1.82) is 0 Å². The Hall–Kier alpha value is -2.51. The molecule has 0 radical (unpaired) electrons. The molecule has 2 rings (SSSR count). The summed E-state index contributed by atoms with van der Waals surface area (Å²) >= 11 is 0. The van der Waals surface area contributed by atoms with Crippen molar-refractivity contribution in [3.05, 3.63) is 34.9 Å². The lowest BCUT2D eigenvalue weighted by molar-refractivity contribution is 0.102. The molecule has 0 saturated heterocycles. The first-order valence-corrected chi connectivity index (χ1v) is 5.24. The van der Waals surface area contributed by atoms with E-state index in [9.17, 15) is 13.6 Å². The maximum Gasteiger partial charge on any atom is 0.336 e. The number of carbonyl (C=O) groups is 1. The van der Waals surface area contributed by atoms with Crippen LogP contribution in [-0.4, -0.2) is 28.2 Å². The number of aromatic nitrogens is 3. The van der Waals surface area contributed by atoms with Crippen LogP contribution in [0.1, 0.15) is 15.9 Å². The van der Waals surface area contributed by atoms with Crippen LogP contribution in [0.5, 0.6) is 6.01 Å². The summed E-state index contributed by atoms with van der Waals surface area (Å²) in [4.78, 5) is 15.5. The van der Waals surface area contributed by atoms with Crippen molar-refractivity contribution in [3.8, 4) is 6.01 Å². The zero-order chi connectivity index (χ0) is 14.0. The van der Waals surface area contributed by atoms with Gasteiger partial charge in [-0.05, 0) is 18.6 Å². The summed E-state index contributed by atoms with van der Waals surface area (Å²) in [6.45, 7) is 1.43. The maximum atomic E-state index is 13.5. The molecule has 0 aliphatic carbocycles. The summed E-state index contributed by atoms with van der Waals surface area (Å²) < 4.78 is 31.3. The molecule has 0 atom stereocenters. The number of amides is 1. The Morgan fingerprint density at radius 3 is 2.74 bits per heavy atom. The van der Waals surface area contributed by atoms with Crippen LogP contribution in [0.15, 0.2) is 12.1 Å². The number of anilines is 1. The zero-order valence-corrected chi connectivity index (χ0v) is 10.1. The first kappa shape index (κ1) is 12.9. The topological polar surface area (TPSA) is 79.9 Å². The monoisotopic (exact) mass is 268 g/mol. The third-order valence-corrected chi connectivity index (χ3v) is 2.37. The molecule has 0 aliphatic heterocycles. The third kappa shape index (κ3) is 2.67. The van der Waals surface area contributed by atoms with Crippen molar-refractivity contribution >= 4 is 11.9 Å². The normalized spacial score (nSPS) is 10.3. The maximum absolute atomic E-state index is 13.5. The van der Waals surface area contributed by atoms with Crippen molar-refractivity contribution in [2.75, 3.05) is 12.4 Å². The molecular weight excluding hydrogens is 258 g/mol. The molecule has 0 saturated carbocycles. The van der Waals surface area contributed by atoms with Crippen LogP contribution in [0.2, 0.25) is 0 Å². The molecule has 0 bridgehead atoms. The standard InChI is InChI=1S/C11H10F2N4O2/c1-5-3-6(8(13)4-7(5)12)9(18)14-10-15-11(19-2)17-16-10/h3-4H,1-2H3,(H2,14,15,16,17,18). The fourth-order valence-electron chi connectivity index (χ4n) is 1.40. The predicted molar refractivity (Wildman–Crippen MR) is 62.0 cm³/mol. The van der Waals surface area contributed by atoms with E-state index < -0.39 is 17.5 Å². The summed E-state index contributed by atoms with van der Waals surface area (Å²) in [5.74, 6) is -2.43. The van der Waals surface area contributed by atoms with E-state index >= 15 is 0 Å². The van der Waals surface area contributed by atoms with Crippen LogP contribution < -0.4 is 10.1 Å². The Morgan fingerprint density at radius 2 is 2.11 bits per heavy atom. The molecule has 2 N–H and O–H groups in total. The van der Waals surface area contributed by atoms with Crippen molar-refractivity contribution in [3.63, 3.8) is 0 Å². The summed E-state index contributed by atoms with van der Waals surface area (Å²) in [6, 6.07) is 1.81. The Bertz CT molecular complexity index is 627. The van der Waals surface area contributed by atoms with Crippen LogP contribution in [0.4, 0.5) is 14.7 Å².